The van der Waals surface area contributed by atoms with Gasteiger partial charge in [0.2, 0.25) is 0 Å². The Bertz CT molecular complexity index is 31.5. The highest BCUT2D eigenvalue weighted by atomic mass is 13.8. The van der Waals surface area contributed by atoms with Crippen LogP contribution < -0.4 is 0 Å². The maximum atomic E-state index is 5.30. The van der Waals surface area contributed by atoms with Crippen molar-refractivity contribution in [2.45, 2.75) is 38.7 Å². The molecule has 0 aromatic rings. The Hall–Kier alpha value is 0.130. The Kier molecular flexibility index (Phi) is 7.25. The molecular formula is C6H13B2. The van der Waals surface area contributed by atoms with Crippen molar-refractivity contribution in [1.29, 1.82) is 0 Å². The quantitative estimate of drug-likeness (QED) is 0.371. The molecule has 0 aliphatic rings. The molecule has 0 amide bonds. The predicted molar refractivity (Wildman–Crippen MR) is 40.8 cm³/mol. The van der Waals surface area contributed by atoms with Crippen LogP contribution in [0.3, 0.4) is 0 Å². The second-order valence-electron chi connectivity index (χ2n) is 2.05. The molecular weight excluding hydrogens is 93.7 g/mol. The van der Waals surface area contributed by atoms with Crippen molar-refractivity contribution < 1.29 is 0 Å². The Morgan fingerprint density at radius 1 is 1.25 bits per heavy atom. The number of unbranched alkanes of at least 4 members (excludes halogenated alkanes) is 2. The van der Waals surface area contributed by atoms with Gasteiger partial charge in [-0.05, 0) is 0 Å². The van der Waals surface area contributed by atoms with E-state index in [4.69, 9.17) is 7.85 Å². The van der Waals surface area contributed by atoms with Crippen LogP contribution >= 0.6 is 0 Å². The van der Waals surface area contributed by atoms with Gasteiger partial charge in [-0.25, -0.2) is 0 Å². The third-order valence-electron chi connectivity index (χ3n) is 1.20. The zero-order chi connectivity index (χ0) is 6.24. The summed E-state index contributed by atoms with van der Waals surface area (Å²) in [6.07, 6.45) is 5.89. The van der Waals surface area contributed by atoms with E-state index in [1.165, 1.54) is 25.6 Å². The van der Waals surface area contributed by atoms with Crippen LogP contribution in [0.1, 0.15) is 19.3 Å². The summed E-state index contributed by atoms with van der Waals surface area (Å²) >= 11 is 0. The summed E-state index contributed by atoms with van der Waals surface area (Å²) in [5, 5.41) is 0. The Morgan fingerprint density at radius 2 is 2.00 bits per heavy atom. The Balaban J connectivity index is 2.53. The lowest BCUT2D eigenvalue weighted by Crippen LogP contribution is -1.81. The van der Waals surface area contributed by atoms with Crippen molar-refractivity contribution in [3.8, 4) is 0 Å². The van der Waals surface area contributed by atoms with Gasteiger partial charge in [-0.2, -0.15) is 0 Å². The molecule has 0 saturated heterocycles. The van der Waals surface area contributed by atoms with Crippen molar-refractivity contribution in [3.63, 3.8) is 0 Å². The van der Waals surface area contributed by atoms with Gasteiger partial charge in [-0.3, -0.25) is 0 Å². The van der Waals surface area contributed by atoms with Crippen molar-refractivity contribution in [2.75, 3.05) is 0 Å². The smallest absolute Gasteiger partial charge is 0.0920 e. The number of rotatable bonds is 5. The fourth-order valence-electron chi connectivity index (χ4n) is 0.670. The third kappa shape index (κ3) is 6.13. The summed E-state index contributed by atoms with van der Waals surface area (Å²) in [6, 6.07) is 0. The first-order chi connectivity index (χ1) is 3.91. The van der Waals surface area contributed by atoms with Crippen molar-refractivity contribution in [3.05, 3.63) is 0 Å². The molecule has 0 N–H and O–H groups in total. The fourth-order valence-corrected chi connectivity index (χ4v) is 0.670. The average molecular weight is 107 g/mol. The van der Waals surface area contributed by atoms with Crippen molar-refractivity contribution in [1.82, 2.24) is 0 Å². The summed E-state index contributed by atoms with van der Waals surface area (Å²) in [6.45, 7) is 2.10. The second kappa shape index (κ2) is 7.13. The van der Waals surface area contributed by atoms with E-state index in [2.05, 4.69) is 14.1 Å². The van der Waals surface area contributed by atoms with E-state index in [1.807, 2.05) is 0 Å². The summed E-state index contributed by atoms with van der Waals surface area (Å²) < 4.78 is 0. The van der Waals surface area contributed by atoms with Crippen LogP contribution in [0.4, 0.5) is 0 Å². The lowest BCUT2D eigenvalue weighted by molar-refractivity contribution is 0.768. The van der Waals surface area contributed by atoms with Crippen LogP contribution in [0.5, 0.6) is 0 Å². The predicted octanol–water partition coefficient (Wildman–Crippen LogP) is 1.91. The van der Waals surface area contributed by atoms with Crippen LogP contribution in [0.2, 0.25) is 19.5 Å². The molecule has 0 spiro atoms. The lowest BCUT2D eigenvalue weighted by Gasteiger charge is -1.93. The van der Waals surface area contributed by atoms with Gasteiger partial charge in [-0.1, -0.05) is 38.7 Å². The molecule has 0 aromatic heterocycles. The van der Waals surface area contributed by atoms with Crippen LogP contribution in [0.15, 0.2) is 0 Å². The summed E-state index contributed by atoms with van der Waals surface area (Å²) in [4.78, 5) is 0. The Morgan fingerprint density at radius 3 is 2.50 bits per heavy atom. The molecule has 0 nitrogen and oxygen atoms in total. The highest BCUT2D eigenvalue weighted by Gasteiger charge is 1.84. The third-order valence-corrected chi connectivity index (χ3v) is 1.20. The molecule has 0 saturated carbocycles. The molecule has 0 rings (SSSR count). The first kappa shape index (κ1) is 8.13. The van der Waals surface area contributed by atoms with Crippen LogP contribution in [-0.2, 0) is 0 Å². The number of hydrogen-bond donors (Lipinski definition) is 0. The molecule has 0 atom stereocenters. The summed E-state index contributed by atoms with van der Waals surface area (Å²) in [5.41, 5.74) is 0. The largest absolute Gasteiger partial charge is 0.105 e. The highest BCUT2D eigenvalue weighted by molar-refractivity contribution is 6.33. The molecule has 2 heteroatoms. The minimum Gasteiger partial charge on any atom is -0.0920 e. The van der Waals surface area contributed by atoms with Gasteiger partial charge in [-0.15, -0.1) is 0 Å². The van der Waals surface area contributed by atoms with E-state index in [-0.39, 0.29) is 0 Å². The van der Waals surface area contributed by atoms with Gasteiger partial charge in [0.25, 0.3) is 0 Å². The SMILES string of the molecule is [B]CCCCC[B]C. The van der Waals surface area contributed by atoms with Crippen LogP contribution in [-0.4, -0.2) is 15.1 Å². The summed E-state index contributed by atoms with van der Waals surface area (Å²) in [7, 11) is 7.51. The van der Waals surface area contributed by atoms with Gasteiger partial charge < -0.3 is 0 Å². The van der Waals surface area contributed by atoms with Gasteiger partial charge in [0.15, 0.2) is 0 Å². The molecule has 0 aliphatic heterocycles. The Labute approximate surface area is 54.7 Å². The van der Waals surface area contributed by atoms with E-state index in [1.54, 1.807) is 0 Å². The molecule has 0 aromatic carbocycles. The monoisotopic (exact) mass is 107 g/mol. The van der Waals surface area contributed by atoms with E-state index >= 15 is 0 Å². The number of hydrogen-bond acceptors (Lipinski definition) is 0. The standard InChI is InChI=1S/C6H13B2/c1-8-6-4-2-3-5-7/h2-6H2,1H3. The molecule has 0 fully saturated rings. The zero-order valence-electron chi connectivity index (χ0n) is 5.69. The van der Waals surface area contributed by atoms with Gasteiger partial charge >= 0.3 is 0 Å². The fraction of sp³-hybridized carbons (Fsp3) is 1.00. The topological polar surface area (TPSA) is 0 Å². The van der Waals surface area contributed by atoms with Gasteiger partial charge in [0.05, 0.1) is 7.85 Å². The minimum absolute atomic E-state index is 0.851. The maximum Gasteiger partial charge on any atom is 0.105 e. The van der Waals surface area contributed by atoms with Crippen LogP contribution in [0.25, 0.3) is 0 Å². The van der Waals surface area contributed by atoms with Crippen LogP contribution in [0, 0.1) is 0 Å². The van der Waals surface area contributed by atoms with E-state index in [9.17, 15) is 0 Å². The first-order valence-corrected chi connectivity index (χ1v) is 3.39. The van der Waals surface area contributed by atoms with E-state index in [0.29, 0.717) is 0 Å². The minimum atomic E-state index is 0.851. The molecule has 0 bridgehead atoms. The first-order valence-electron chi connectivity index (χ1n) is 3.39. The maximum absolute atomic E-state index is 5.30. The van der Waals surface area contributed by atoms with Gasteiger partial charge in [0, 0.05) is 0 Å². The second-order valence-corrected chi connectivity index (χ2v) is 2.05. The highest BCUT2D eigenvalue weighted by Crippen LogP contribution is 2.00. The lowest BCUT2D eigenvalue weighted by atomic mass is 9.76. The molecule has 3 radical (unpaired) electrons. The van der Waals surface area contributed by atoms with Gasteiger partial charge in [0.1, 0.15) is 7.28 Å². The molecule has 0 unspecified atom stereocenters. The van der Waals surface area contributed by atoms with Crippen molar-refractivity contribution >= 4 is 15.1 Å². The van der Waals surface area contributed by atoms with E-state index in [0.717, 1.165) is 6.32 Å². The molecule has 8 heavy (non-hydrogen) atoms. The summed E-state index contributed by atoms with van der Waals surface area (Å²) in [5.74, 6) is 0. The average Bonchev–Trinajstić information content (AvgIpc) is 1.81. The van der Waals surface area contributed by atoms with Crippen molar-refractivity contribution in [2.24, 2.45) is 0 Å². The van der Waals surface area contributed by atoms with E-state index < -0.39 is 0 Å². The normalized spacial score (nSPS) is 9.12. The molecule has 43 valence electrons. The molecule has 0 aliphatic carbocycles. The zero-order valence-corrected chi connectivity index (χ0v) is 5.69. The molecule has 0 heterocycles.